The third kappa shape index (κ3) is 5.09. The third-order valence-electron chi connectivity index (χ3n) is 2.22. The Kier molecular flexibility index (Phi) is 6.67. The van der Waals surface area contributed by atoms with Gasteiger partial charge in [-0.2, -0.15) is 0 Å². The van der Waals surface area contributed by atoms with E-state index in [2.05, 4.69) is 10.6 Å². The zero-order chi connectivity index (χ0) is 12.7. The fraction of sp³-hybridized carbons (Fsp3) is 0.800. The highest BCUT2D eigenvalue weighted by Gasteiger charge is 2.24. The molecule has 0 aromatic rings. The van der Waals surface area contributed by atoms with Crippen molar-refractivity contribution in [3.8, 4) is 0 Å². The van der Waals surface area contributed by atoms with Gasteiger partial charge in [0, 0.05) is 6.54 Å². The van der Waals surface area contributed by atoms with E-state index < -0.39 is 18.1 Å². The minimum Gasteiger partial charge on any atom is -0.480 e. The maximum absolute atomic E-state index is 11.6. The number of nitrogens with two attached hydrogens (primary N) is 1. The molecule has 0 aliphatic rings. The molecule has 0 aromatic heterocycles. The molecule has 0 aliphatic heterocycles. The Balaban J connectivity index is 4.39. The summed E-state index contributed by atoms with van der Waals surface area (Å²) in [6, 6.07) is -1.40. The molecule has 94 valence electrons. The Bertz CT molecular complexity index is 239. The van der Waals surface area contributed by atoms with E-state index >= 15 is 0 Å². The van der Waals surface area contributed by atoms with E-state index in [-0.39, 0.29) is 18.4 Å². The molecule has 1 amide bonds. The highest BCUT2D eigenvalue weighted by molar-refractivity contribution is 5.87. The average Bonchev–Trinajstić information content (AvgIpc) is 2.17. The van der Waals surface area contributed by atoms with E-state index in [4.69, 9.17) is 10.8 Å². The van der Waals surface area contributed by atoms with Crippen LogP contribution in [0.5, 0.6) is 0 Å². The van der Waals surface area contributed by atoms with Gasteiger partial charge in [0.2, 0.25) is 5.91 Å². The van der Waals surface area contributed by atoms with Crippen LogP contribution in [0.15, 0.2) is 0 Å². The maximum atomic E-state index is 11.6. The summed E-state index contributed by atoms with van der Waals surface area (Å²) in [6.45, 7) is 3.94. The Labute approximate surface area is 95.6 Å². The second kappa shape index (κ2) is 7.19. The predicted octanol–water partition coefficient (Wildman–Crippen LogP) is -0.851. The third-order valence-corrected chi connectivity index (χ3v) is 2.22. The minimum absolute atomic E-state index is 0.135. The zero-order valence-electron chi connectivity index (χ0n) is 9.99. The number of amides is 1. The summed E-state index contributed by atoms with van der Waals surface area (Å²) in [5.74, 6) is -1.20. The van der Waals surface area contributed by atoms with Crippen LogP contribution < -0.4 is 16.4 Å². The van der Waals surface area contributed by atoms with E-state index in [1.54, 1.807) is 7.05 Å². The molecule has 0 spiro atoms. The molecule has 0 radical (unpaired) electrons. The second-order valence-electron chi connectivity index (χ2n) is 4.11. The molecule has 0 saturated heterocycles. The van der Waals surface area contributed by atoms with E-state index in [0.29, 0.717) is 6.42 Å². The summed E-state index contributed by atoms with van der Waals surface area (Å²) >= 11 is 0. The molecule has 0 heterocycles. The lowest BCUT2D eigenvalue weighted by Gasteiger charge is -2.20. The van der Waals surface area contributed by atoms with Crippen LogP contribution in [0.4, 0.5) is 0 Å². The van der Waals surface area contributed by atoms with Crippen LogP contribution in [0.2, 0.25) is 0 Å². The average molecular weight is 231 g/mol. The van der Waals surface area contributed by atoms with Crippen LogP contribution >= 0.6 is 0 Å². The first-order valence-electron chi connectivity index (χ1n) is 5.32. The molecule has 0 saturated carbocycles. The van der Waals surface area contributed by atoms with E-state index in [0.717, 1.165) is 0 Å². The molecule has 16 heavy (non-hydrogen) atoms. The highest BCUT2D eigenvalue weighted by atomic mass is 16.4. The van der Waals surface area contributed by atoms with Crippen LogP contribution in [-0.4, -0.2) is 42.7 Å². The molecular formula is C10H21N3O3. The van der Waals surface area contributed by atoms with Gasteiger partial charge in [-0.25, -0.2) is 4.79 Å². The summed E-state index contributed by atoms with van der Waals surface area (Å²) in [7, 11) is 1.61. The minimum atomic E-state index is -1.02. The largest absolute Gasteiger partial charge is 0.480 e. The number of carboxylic acids is 1. The van der Waals surface area contributed by atoms with Gasteiger partial charge in [0.1, 0.15) is 6.04 Å². The Morgan fingerprint density at radius 1 is 1.31 bits per heavy atom. The van der Waals surface area contributed by atoms with Gasteiger partial charge in [-0.15, -0.1) is 0 Å². The van der Waals surface area contributed by atoms with Crippen LogP contribution in [0, 0.1) is 5.92 Å². The van der Waals surface area contributed by atoms with Gasteiger partial charge >= 0.3 is 5.97 Å². The number of hydrogen-bond donors (Lipinski definition) is 4. The number of hydrogen-bond acceptors (Lipinski definition) is 4. The van der Waals surface area contributed by atoms with Gasteiger partial charge in [-0.05, 0) is 19.4 Å². The molecule has 0 bridgehead atoms. The van der Waals surface area contributed by atoms with Gasteiger partial charge in [0.15, 0.2) is 0 Å². The predicted molar refractivity (Wildman–Crippen MR) is 60.9 cm³/mol. The van der Waals surface area contributed by atoms with Crippen LogP contribution in [-0.2, 0) is 9.59 Å². The first kappa shape index (κ1) is 14.9. The lowest BCUT2D eigenvalue weighted by molar-refractivity contribution is -0.142. The van der Waals surface area contributed by atoms with E-state index in [1.165, 1.54) is 0 Å². The molecule has 0 unspecified atom stereocenters. The number of carbonyl (C=O) groups is 2. The van der Waals surface area contributed by atoms with Gasteiger partial charge in [0.05, 0.1) is 6.04 Å². The number of likely N-dealkylation sites (N-methyl/N-ethyl adjacent to an activating group) is 1. The Hall–Kier alpha value is -1.14. The first-order chi connectivity index (χ1) is 7.42. The number of rotatable bonds is 7. The molecule has 0 fully saturated rings. The Morgan fingerprint density at radius 2 is 1.88 bits per heavy atom. The number of aliphatic carboxylic acids is 1. The number of carbonyl (C=O) groups excluding carboxylic acids is 1. The Morgan fingerprint density at radius 3 is 2.19 bits per heavy atom. The maximum Gasteiger partial charge on any atom is 0.326 e. The molecule has 0 aromatic carbocycles. The van der Waals surface area contributed by atoms with E-state index in [9.17, 15) is 9.59 Å². The lowest BCUT2D eigenvalue weighted by Crippen LogP contribution is -2.52. The van der Waals surface area contributed by atoms with Crippen molar-refractivity contribution in [2.45, 2.75) is 32.4 Å². The summed E-state index contributed by atoms with van der Waals surface area (Å²) in [6.07, 6.45) is 0.405. The molecule has 2 atom stereocenters. The second-order valence-corrected chi connectivity index (χ2v) is 4.11. The molecule has 6 heteroatoms. The van der Waals surface area contributed by atoms with Gasteiger partial charge in [-0.1, -0.05) is 13.8 Å². The quantitative estimate of drug-likeness (QED) is 0.457. The first-order valence-corrected chi connectivity index (χ1v) is 5.32. The fourth-order valence-electron chi connectivity index (χ4n) is 1.32. The molecule has 0 aliphatic carbocycles. The standard InChI is InChI=1S/C10H21N3O3/c1-6(2)4-7(10(15)16)13-9(14)8(5-11)12-3/h6-8,12H,4-5,11H2,1-3H3,(H,13,14)(H,15,16)/t7-,8-/m0/s1. The SMILES string of the molecule is CN[C@@H](CN)C(=O)N[C@@H](CC(C)C)C(=O)O. The van der Waals surface area contributed by atoms with Crippen molar-refractivity contribution < 1.29 is 14.7 Å². The van der Waals surface area contributed by atoms with Crippen molar-refractivity contribution in [3.63, 3.8) is 0 Å². The fourth-order valence-corrected chi connectivity index (χ4v) is 1.32. The highest BCUT2D eigenvalue weighted by Crippen LogP contribution is 2.05. The summed E-state index contributed by atoms with van der Waals surface area (Å²) in [4.78, 5) is 22.5. The van der Waals surface area contributed by atoms with Crippen LogP contribution in [0.25, 0.3) is 0 Å². The zero-order valence-corrected chi connectivity index (χ0v) is 9.99. The van der Waals surface area contributed by atoms with Gasteiger partial charge < -0.3 is 21.5 Å². The molecule has 0 rings (SSSR count). The van der Waals surface area contributed by atoms with Crippen LogP contribution in [0.1, 0.15) is 20.3 Å². The van der Waals surface area contributed by atoms with E-state index in [1.807, 2.05) is 13.8 Å². The molecule has 6 nitrogen and oxygen atoms in total. The lowest BCUT2D eigenvalue weighted by atomic mass is 10.0. The van der Waals surface area contributed by atoms with Gasteiger partial charge in [-0.3, -0.25) is 4.79 Å². The van der Waals surface area contributed by atoms with Crippen molar-refractivity contribution in [2.24, 2.45) is 11.7 Å². The summed E-state index contributed by atoms with van der Waals surface area (Å²) < 4.78 is 0. The monoisotopic (exact) mass is 231 g/mol. The summed E-state index contributed by atoms with van der Waals surface area (Å²) in [5, 5.41) is 14.1. The van der Waals surface area contributed by atoms with Gasteiger partial charge in [0.25, 0.3) is 0 Å². The van der Waals surface area contributed by atoms with Crippen LogP contribution in [0.3, 0.4) is 0 Å². The van der Waals surface area contributed by atoms with Crippen molar-refractivity contribution >= 4 is 11.9 Å². The molecule has 5 N–H and O–H groups in total. The molecular weight excluding hydrogens is 210 g/mol. The van der Waals surface area contributed by atoms with Crippen molar-refractivity contribution in [1.29, 1.82) is 0 Å². The normalized spacial score (nSPS) is 14.6. The smallest absolute Gasteiger partial charge is 0.326 e. The summed E-state index contributed by atoms with van der Waals surface area (Å²) in [5.41, 5.74) is 5.37. The van der Waals surface area contributed by atoms with Crippen molar-refractivity contribution in [3.05, 3.63) is 0 Å². The van der Waals surface area contributed by atoms with Crippen molar-refractivity contribution in [1.82, 2.24) is 10.6 Å². The number of nitrogens with one attached hydrogen (secondary N) is 2. The van der Waals surface area contributed by atoms with Crippen molar-refractivity contribution in [2.75, 3.05) is 13.6 Å². The topological polar surface area (TPSA) is 104 Å². The number of carboxylic acid groups (broad SMARTS) is 1.